The standard InChI is InChI=1S/C13H14Cl2N2OS/c1-7-5-13(6-7,11(16)19)12(18)17-10-3-8(14)2-9(15)4-10/h2-4,7H,5-6H2,1H3,(H2,16,19)(H,17,18). The summed E-state index contributed by atoms with van der Waals surface area (Å²) >= 11 is 16.8. The number of rotatable bonds is 3. The third-order valence-corrected chi connectivity index (χ3v) is 4.25. The van der Waals surface area contributed by atoms with E-state index in [0.29, 0.717) is 34.5 Å². The van der Waals surface area contributed by atoms with Crippen molar-refractivity contribution in [2.24, 2.45) is 17.1 Å². The summed E-state index contributed by atoms with van der Waals surface area (Å²) in [6.45, 7) is 2.07. The van der Waals surface area contributed by atoms with Crippen LogP contribution in [0.1, 0.15) is 19.8 Å². The maximum Gasteiger partial charge on any atom is 0.237 e. The summed E-state index contributed by atoms with van der Waals surface area (Å²) < 4.78 is 0. The summed E-state index contributed by atoms with van der Waals surface area (Å²) in [6.07, 6.45) is 1.37. The number of hydrogen-bond donors (Lipinski definition) is 2. The van der Waals surface area contributed by atoms with Gasteiger partial charge in [0.05, 0.1) is 10.4 Å². The van der Waals surface area contributed by atoms with Crippen molar-refractivity contribution in [1.82, 2.24) is 0 Å². The molecule has 0 saturated heterocycles. The highest BCUT2D eigenvalue weighted by atomic mass is 35.5. The van der Waals surface area contributed by atoms with E-state index in [2.05, 4.69) is 12.2 Å². The molecule has 0 unspecified atom stereocenters. The molecule has 0 aromatic heterocycles. The molecule has 3 nitrogen and oxygen atoms in total. The number of nitrogens with one attached hydrogen (secondary N) is 1. The second-order valence-corrected chi connectivity index (χ2v) is 6.38. The Bertz CT molecular complexity index is 521. The van der Waals surface area contributed by atoms with Crippen LogP contribution in [0.5, 0.6) is 0 Å². The van der Waals surface area contributed by atoms with Gasteiger partial charge in [-0.2, -0.15) is 0 Å². The molecule has 1 amide bonds. The fraction of sp³-hybridized carbons (Fsp3) is 0.385. The summed E-state index contributed by atoms with van der Waals surface area (Å²) in [4.78, 5) is 12.6. The Morgan fingerprint density at radius 3 is 2.32 bits per heavy atom. The molecule has 0 bridgehead atoms. The molecule has 2 rings (SSSR count). The number of halogens is 2. The minimum absolute atomic E-state index is 0.184. The van der Waals surface area contributed by atoms with Crippen molar-refractivity contribution in [3.8, 4) is 0 Å². The van der Waals surface area contributed by atoms with Gasteiger partial charge in [-0.15, -0.1) is 0 Å². The number of benzene rings is 1. The second kappa shape index (κ2) is 5.27. The minimum atomic E-state index is -0.733. The lowest BCUT2D eigenvalue weighted by molar-refractivity contribution is -0.127. The Kier molecular flexibility index (Phi) is 4.04. The lowest BCUT2D eigenvalue weighted by Crippen LogP contribution is -2.53. The fourth-order valence-corrected chi connectivity index (χ4v) is 3.29. The first-order chi connectivity index (χ1) is 8.83. The van der Waals surface area contributed by atoms with E-state index in [4.69, 9.17) is 41.2 Å². The molecule has 0 spiro atoms. The van der Waals surface area contributed by atoms with Gasteiger partial charge < -0.3 is 11.1 Å². The van der Waals surface area contributed by atoms with Crippen molar-refractivity contribution in [3.05, 3.63) is 28.2 Å². The van der Waals surface area contributed by atoms with Crippen molar-refractivity contribution >= 4 is 52.0 Å². The summed E-state index contributed by atoms with van der Waals surface area (Å²) in [5, 5.41) is 3.73. The van der Waals surface area contributed by atoms with Gasteiger partial charge >= 0.3 is 0 Å². The van der Waals surface area contributed by atoms with Crippen LogP contribution >= 0.6 is 35.4 Å². The molecule has 0 radical (unpaired) electrons. The third kappa shape index (κ3) is 2.86. The van der Waals surface area contributed by atoms with Crippen molar-refractivity contribution in [2.45, 2.75) is 19.8 Å². The van der Waals surface area contributed by atoms with Crippen LogP contribution in [0.25, 0.3) is 0 Å². The molecule has 1 aromatic rings. The molecule has 0 heterocycles. The van der Waals surface area contributed by atoms with E-state index in [1.54, 1.807) is 18.2 Å². The molecule has 0 aliphatic heterocycles. The molecule has 3 N–H and O–H groups in total. The van der Waals surface area contributed by atoms with E-state index in [0.717, 1.165) is 0 Å². The quantitative estimate of drug-likeness (QED) is 0.837. The predicted octanol–water partition coefficient (Wildman–Crippen LogP) is 3.63. The third-order valence-electron chi connectivity index (χ3n) is 3.42. The number of amides is 1. The monoisotopic (exact) mass is 316 g/mol. The lowest BCUT2D eigenvalue weighted by Gasteiger charge is -2.44. The van der Waals surface area contributed by atoms with Crippen LogP contribution in [0.3, 0.4) is 0 Å². The first kappa shape index (κ1) is 14.6. The van der Waals surface area contributed by atoms with E-state index >= 15 is 0 Å². The number of anilines is 1. The highest BCUT2D eigenvalue weighted by molar-refractivity contribution is 7.80. The van der Waals surface area contributed by atoms with Gasteiger partial charge in [-0.3, -0.25) is 4.79 Å². The van der Waals surface area contributed by atoms with Crippen LogP contribution in [0.2, 0.25) is 10.0 Å². The molecule has 1 aliphatic rings. The van der Waals surface area contributed by atoms with E-state index < -0.39 is 5.41 Å². The first-order valence-corrected chi connectivity index (χ1v) is 7.07. The van der Waals surface area contributed by atoms with Gasteiger partial charge in [-0.25, -0.2) is 0 Å². The highest BCUT2D eigenvalue weighted by Gasteiger charge is 2.50. The zero-order valence-electron chi connectivity index (χ0n) is 10.4. The van der Waals surface area contributed by atoms with Crippen LogP contribution < -0.4 is 11.1 Å². The van der Waals surface area contributed by atoms with Gasteiger partial charge in [0.25, 0.3) is 0 Å². The van der Waals surface area contributed by atoms with E-state index in [9.17, 15) is 4.79 Å². The average molecular weight is 317 g/mol. The maximum atomic E-state index is 12.4. The number of nitrogens with two attached hydrogens (primary N) is 1. The number of carbonyl (C=O) groups is 1. The first-order valence-electron chi connectivity index (χ1n) is 5.91. The Morgan fingerprint density at radius 1 is 1.37 bits per heavy atom. The molecule has 0 atom stereocenters. The van der Waals surface area contributed by atoms with Crippen LogP contribution in [-0.2, 0) is 4.79 Å². The minimum Gasteiger partial charge on any atom is -0.392 e. The molecular weight excluding hydrogens is 303 g/mol. The summed E-state index contributed by atoms with van der Waals surface area (Å²) in [5.74, 6) is 0.270. The van der Waals surface area contributed by atoms with E-state index in [1.807, 2.05) is 0 Å². The predicted molar refractivity (Wildman–Crippen MR) is 82.7 cm³/mol. The highest BCUT2D eigenvalue weighted by Crippen LogP contribution is 2.46. The molecule has 1 fully saturated rings. The maximum absolute atomic E-state index is 12.4. The van der Waals surface area contributed by atoms with Gasteiger partial charge in [0.1, 0.15) is 0 Å². The number of hydrogen-bond acceptors (Lipinski definition) is 2. The molecule has 1 aromatic carbocycles. The molecule has 102 valence electrons. The Balaban J connectivity index is 2.18. The molecule has 1 saturated carbocycles. The zero-order valence-corrected chi connectivity index (χ0v) is 12.7. The summed E-state index contributed by atoms with van der Waals surface area (Å²) in [6, 6.07) is 4.88. The molecule has 19 heavy (non-hydrogen) atoms. The summed E-state index contributed by atoms with van der Waals surface area (Å²) in [7, 11) is 0. The van der Waals surface area contributed by atoms with Crippen LogP contribution in [0, 0.1) is 11.3 Å². The average Bonchev–Trinajstić information content (AvgIpc) is 2.22. The molecule has 6 heteroatoms. The van der Waals surface area contributed by atoms with E-state index in [1.165, 1.54) is 0 Å². The van der Waals surface area contributed by atoms with Gasteiger partial charge in [0.15, 0.2) is 0 Å². The van der Waals surface area contributed by atoms with Crippen LogP contribution in [0.4, 0.5) is 5.69 Å². The van der Waals surface area contributed by atoms with Gasteiger partial charge in [-0.05, 0) is 37.0 Å². The fourth-order valence-electron chi connectivity index (χ4n) is 2.51. The van der Waals surface area contributed by atoms with Crippen molar-refractivity contribution < 1.29 is 4.79 Å². The van der Waals surface area contributed by atoms with Crippen LogP contribution in [-0.4, -0.2) is 10.9 Å². The second-order valence-electron chi connectivity index (χ2n) is 5.07. The topological polar surface area (TPSA) is 55.1 Å². The van der Waals surface area contributed by atoms with E-state index in [-0.39, 0.29) is 10.9 Å². The normalized spacial score (nSPS) is 25.5. The van der Waals surface area contributed by atoms with Crippen LogP contribution in [0.15, 0.2) is 18.2 Å². The zero-order chi connectivity index (χ0) is 14.2. The van der Waals surface area contributed by atoms with Crippen molar-refractivity contribution in [3.63, 3.8) is 0 Å². The van der Waals surface area contributed by atoms with Gasteiger partial charge in [0, 0.05) is 15.7 Å². The van der Waals surface area contributed by atoms with Crippen molar-refractivity contribution in [2.75, 3.05) is 5.32 Å². The number of thiocarbonyl (C=S) groups is 1. The summed E-state index contributed by atoms with van der Waals surface area (Å²) in [5.41, 5.74) is 5.55. The number of carbonyl (C=O) groups excluding carboxylic acids is 1. The Labute approximate surface area is 127 Å². The smallest absolute Gasteiger partial charge is 0.237 e. The lowest BCUT2D eigenvalue weighted by atomic mass is 9.62. The van der Waals surface area contributed by atoms with Gasteiger partial charge in [0.2, 0.25) is 5.91 Å². The van der Waals surface area contributed by atoms with Gasteiger partial charge in [-0.1, -0.05) is 42.3 Å². The van der Waals surface area contributed by atoms with Crippen molar-refractivity contribution in [1.29, 1.82) is 0 Å². The largest absolute Gasteiger partial charge is 0.392 e. The molecular formula is C13H14Cl2N2OS. The Hall–Kier alpha value is -0.840. The Morgan fingerprint density at radius 2 is 1.89 bits per heavy atom. The molecule has 1 aliphatic carbocycles. The SMILES string of the molecule is CC1CC(C(=O)Nc2cc(Cl)cc(Cl)c2)(C(N)=S)C1.